The average Bonchev–Trinajstić information content (AvgIpc) is 3.27. The molecule has 2 aromatic carbocycles. The van der Waals surface area contributed by atoms with E-state index >= 15 is 0 Å². The van der Waals surface area contributed by atoms with Gasteiger partial charge < -0.3 is 9.84 Å². The minimum absolute atomic E-state index is 0.00857. The van der Waals surface area contributed by atoms with E-state index in [2.05, 4.69) is 15.5 Å². The van der Waals surface area contributed by atoms with Crippen molar-refractivity contribution < 1.29 is 22.1 Å². The summed E-state index contributed by atoms with van der Waals surface area (Å²) in [5, 5.41) is 6.66. The van der Waals surface area contributed by atoms with Gasteiger partial charge in [0.15, 0.2) is 0 Å². The number of carbonyl (C=O) groups excluding carboxylic acids is 1. The molecule has 1 N–H and O–H groups in total. The summed E-state index contributed by atoms with van der Waals surface area (Å²) in [7, 11) is -3.79. The molecule has 1 amide bonds. The molecule has 0 aliphatic carbocycles. The lowest BCUT2D eigenvalue weighted by Crippen LogP contribution is -2.45. The van der Waals surface area contributed by atoms with Crippen LogP contribution in [0.2, 0.25) is 0 Å². The summed E-state index contributed by atoms with van der Waals surface area (Å²) in [6.07, 6.45) is 1.12. The summed E-state index contributed by atoms with van der Waals surface area (Å²) in [6.45, 7) is 0.429. The molecular formula is C21H21FN4O4S. The second kappa shape index (κ2) is 8.94. The molecule has 0 spiro atoms. The maximum atomic E-state index is 13.1. The van der Waals surface area contributed by atoms with Crippen LogP contribution in [-0.4, -0.2) is 41.9 Å². The molecule has 1 aliphatic heterocycles. The predicted molar refractivity (Wildman–Crippen MR) is 109 cm³/mol. The van der Waals surface area contributed by atoms with Crippen LogP contribution in [0.4, 0.5) is 4.39 Å². The summed E-state index contributed by atoms with van der Waals surface area (Å²) in [5.41, 5.74) is 0.803. The van der Waals surface area contributed by atoms with Gasteiger partial charge in [0, 0.05) is 18.7 Å². The van der Waals surface area contributed by atoms with Crippen LogP contribution in [-0.2, 0) is 21.4 Å². The largest absolute Gasteiger partial charge is 0.347 e. The highest BCUT2D eigenvalue weighted by Gasteiger charge is 2.33. The number of carbonyl (C=O) groups is 1. The van der Waals surface area contributed by atoms with Crippen molar-refractivity contribution in [3.63, 3.8) is 0 Å². The molecular weight excluding hydrogens is 423 g/mol. The number of halogens is 1. The molecule has 0 radical (unpaired) electrons. The first-order valence-corrected chi connectivity index (χ1v) is 11.3. The second-order valence-corrected chi connectivity index (χ2v) is 9.19. The van der Waals surface area contributed by atoms with Gasteiger partial charge in [-0.2, -0.15) is 9.29 Å². The lowest BCUT2D eigenvalue weighted by Gasteiger charge is -2.31. The molecule has 1 aromatic heterocycles. The van der Waals surface area contributed by atoms with Crippen LogP contribution in [0.5, 0.6) is 0 Å². The number of piperidine rings is 1. The summed E-state index contributed by atoms with van der Waals surface area (Å²) in [6, 6.07) is 14.0. The Bertz CT molecular complexity index is 1150. The molecule has 1 atom stereocenters. The average molecular weight is 444 g/mol. The lowest BCUT2D eigenvalue weighted by atomic mass is 9.99. The summed E-state index contributed by atoms with van der Waals surface area (Å²) >= 11 is 0. The molecule has 1 fully saturated rings. The van der Waals surface area contributed by atoms with Gasteiger partial charge in [0.1, 0.15) is 5.82 Å². The fraction of sp³-hybridized carbons (Fsp3) is 0.286. The third-order valence-corrected chi connectivity index (χ3v) is 7.00. The van der Waals surface area contributed by atoms with Crippen molar-refractivity contribution in [1.29, 1.82) is 0 Å². The number of amides is 1. The highest BCUT2D eigenvalue weighted by molar-refractivity contribution is 7.89. The molecule has 3 aromatic rings. The second-order valence-electron chi connectivity index (χ2n) is 7.25. The maximum absolute atomic E-state index is 13.1. The van der Waals surface area contributed by atoms with E-state index < -0.39 is 21.8 Å². The van der Waals surface area contributed by atoms with Crippen LogP contribution in [0.25, 0.3) is 11.4 Å². The Labute approximate surface area is 179 Å². The molecule has 4 rings (SSSR count). The number of nitrogens with zero attached hydrogens (tertiary/aromatic N) is 3. The number of hydrogen-bond donors (Lipinski definition) is 1. The Morgan fingerprint density at radius 1 is 1.16 bits per heavy atom. The van der Waals surface area contributed by atoms with Crippen LogP contribution in [0.1, 0.15) is 18.7 Å². The third-order valence-electron chi connectivity index (χ3n) is 5.12. The summed E-state index contributed by atoms with van der Waals surface area (Å²) < 4.78 is 45.2. The Morgan fingerprint density at radius 2 is 1.90 bits per heavy atom. The number of nitrogens with one attached hydrogen (secondary N) is 1. The Hall–Kier alpha value is -3.11. The number of hydrogen-bond acceptors (Lipinski definition) is 6. The van der Waals surface area contributed by atoms with Gasteiger partial charge in [-0.1, -0.05) is 35.5 Å². The van der Waals surface area contributed by atoms with Gasteiger partial charge >= 0.3 is 0 Å². The van der Waals surface area contributed by atoms with Gasteiger partial charge in [-0.3, -0.25) is 4.79 Å². The number of rotatable bonds is 6. The van der Waals surface area contributed by atoms with Crippen molar-refractivity contribution >= 4 is 15.9 Å². The van der Waals surface area contributed by atoms with Gasteiger partial charge in [0.25, 0.3) is 0 Å². The first kappa shape index (κ1) is 21.1. The van der Waals surface area contributed by atoms with Crippen molar-refractivity contribution in [2.75, 3.05) is 13.1 Å². The molecule has 1 saturated heterocycles. The Morgan fingerprint density at radius 3 is 2.65 bits per heavy atom. The zero-order chi connectivity index (χ0) is 21.8. The van der Waals surface area contributed by atoms with Crippen LogP contribution in [0.3, 0.4) is 0 Å². The van der Waals surface area contributed by atoms with E-state index in [-0.39, 0.29) is 29.8 Å². The van der Waals surface area contributed by atoms with Gasteiger partial charge in [-0.15, -0.1) is 0 Å². The van der Waals surface area contributed by atoms with Crippen LogP contribution < -0.4 is 5.32 Å². The fourth-order valence-corrected chi connectivity index (χ4v) is 4.99. The van der Waals surface area contributed by atoms with Crippen molar-refractivity contribution in [3.05, 3.63) is 66.3 Å². The van der Waals surface area contributed by atoms with Gasteiger partial charge in [-0.05, 0) is 37.1 Å². The lowest BCUT2D eigenvalue weighted by molar-refractivity contribution is -0.126. The Balaban J connectivity index is 1.37. The highest BCUT2D eigenvalue weighted by atomic mass is 32.2. The van der Waals surface area contributed by atoms with E-state index in [0.717, 1.165) is 17.7 Å². The molecule has 31 heavy (non-hydrogen) atoms. The minimum Gasteiger partial charge on any atom is -0.347 e. The van der Waals surface area contributed by atoms with Crippen molar-refractivity contribution in [2.24, 2.45) is 5.92 Å². The fourth-order valence-electron chi connectivity index (χ4n) is 3.47. The first-order chi connectivity index (χ1) is 14.9. The zero-order valence-corrected chi connectivity index (χ0v) is 17.4. The number of benzene rings is 2. The smallest absolute Gasteiger partial charge is 0.246 e. The normalized spacial score (nSPS) is 17.4. The predicted octanol–water partition coefficient (Wildman–Crippen LogP) is 2.59. The van der Waals surface area contributed by atoms with E-state index in [1.54, 1.807) is 0 Å². The van der Waals surface area contributed by atoms with E-state index in [0.29, 0.717) is 25.2 Å². The van der Waals surface area contributed by atoms with E-state index in [1.165, 1.54) is 16.4 Å². The molecule has 0 bridgehead atoms. The molecule has 10 heteroatoms. The van der Waals surface area contributed by atoms with Crippen LogP contribution >= 0.6 is 0 Å². The standard InChI is InChI=1S/C21H21FN4O4S/c22-17-8-10-18(11-9-17)31(28,29)26-12-4-7-16(14-26)21(27)23-13-19-24-20(25-30-19)15-5-2-1-3-6-15/h1-3,5-6,8-11,16H,4,7,12-14H2,(H,23,27)/t16-/m1/s1. The van der Waals surface area contributed by atoms with E-state index in [9.17, 15) is 17.6 Å². The summed E-state index contributed by atoms with van der Waals surface area (Å²) in [4.78, 5) is 16.9. The monoisotopic (exact) mass is 444 g/mol. The molecule has 162 valence electrons. The third kappa shape index (κ3) is 4.80. The molecule has 8 nitrogen and oxygen atoms in total. The van der Waals surface area contributed by atoms with Gasteiger partial charge in [-0.25, -0.2) is 12.8 Å². The van der Waals surface area contributed by atoms with E-state index in [1.807, 2.05) is 30.3 Å². The first-order valence-electron chi connectivity index (χ1n) is 9.85. The van der Waals surface area contributed by atoms with Crippen molar-refractivity contribution in [2.45, 2.75) is 24.3 Å². The molecule has 2 heterocycles. The zero-order valence-electron chi connectivity index (χ0n) is 16.6. The van der Waals surface area contributed by atoms with Gasteiger partial charge in [0.05, 0.1) is 17.4 Å². The molecule has 0 unspecified atom stereocenters. The molecule has 0 saturated carbocycles. The highest BCUT2D eigenvalue weighted by Crippen LogP contribution is 2.24. The summed E-state index contributed by atoms with van der Waals surface area (Å²) in [5.74, 6) is -0.594. The number of aromatic nitrogens is 2. The maximum Gasteiger partial charge on any atom is 0.246 e. The SMILES string of the molecule is O=C(NCc1nc(-c2ccccc2)no1)[C@@H]1CCCN(S(=O)(=O)c2ccc(F)cc2)C1. The van der Waals surface area contributed by atoms with Gasteiger partial charge in [0.2, 0.25) is 27.6 Å². The number of sulfonamides is 1. The van der Waals surface area contributed by atoms with Crippen LogP contribution in [0, 0.1) is 11.7 Å². The quantitative estimate of drug-likeness (QED) is 0.627. The molecule has 1 aliphatic rings. The van der Waals surface area contributed by atoms with E-state index in [4.69, 9.17) is 4.52 Å². The van der Waals surface area contributed by atoms with Crippen molar-refractivity contribution in [1.82, 2.24) is 19.8 Å². The Kier molecular flexibility index (Phi) is 6.10. The minimum atomic E-state index is -3.79. The topological polar surface area (TPSA) is 105 Å². The van der Waals surface area contributed by atoms with Crippen LogP contribution in [0.15, 0.2) is 64.0 Å². The van der Waals surface area contributed by atoms with Crippen molar-refractivity contribution in [3.8, 4) is 11.4 Å².